The Hall–Kier alpha value is -1.83. The van der Waals surface area contributed by atoms with Crippen molar-refractivity contribution in [2.45, 2.75) is 53.0 Å². The summed E-state index contributed by atoms with van der Waals surface area (Å²) in [5.74, 6) is -0.348. The number of carbonyl (C=O) groups is 2. The van der Waals surface area contributed by atoms with Crippen LogP contribution in [0.2, 0.25) is 0 Å². The Morgan fingerprint density at radius 1 is 1.29 bits per heavy atom. The molecule has 0 aromatic heterocycles. The van der Waals surface area contributed by atoms with Crippen molar-refractivity contribution >= 4 is 29.9 Å². The fraction of sp³-hybridized carbons (Fsp3) is 0.600. The molecule has 8 heteroatoms. The number of Topliss-reactive ketones (excluding diaryl/α,β-unsaturated/α-hetero) is 1. The number of rotatable bonds is 9. The second-order valence-corrected chi connectivity index (χ2v) is 5.97. The monoisotopic (exact) mass is 424 g/mol. The lowest BCUT2D eigenvalue weighted by atomic mass is 10.1. The van der Waals surface area contributed by atoms with Gasteiger partial charge in [0.25, 0.3) is 0 Å². The third kappa shape index (κ3) is 8.91. The van der Waals surface area contributed by atoms with Crippen molar-refractivity contribution in [3.8, 4) is 5.75 Å². The lowest BCUT2D eigenvalue weighted by molar-refractivity contribution is 0.0950. The smallest absolute Gasteiger partial charge is 0.321 e. The van der Waals surface area contributed by atoms with E-state index in [4.69, 9.17) is 17.1 Å². The number of benzene rings is 1. The molecule has 28 heavy (non-hydrogen) atoms. The highest BCUT2D eigenvalue weighted by Crippen LogP contribution is 2.24. The van der Waals surface area contributed by atoms with Crippen molar-refractivity contribution in [3.05, 3.63) is 23.8 Å². The third-order valence-corrected chi connectivity index (χ3v) is 3.69. The Labute approximate surface area is 186 Å². The highest BCUT2D eigenvalue weighted by atomic mass is 35.5. The lowest BCUT2D eigenvalue weighted by Gasteiger charge is -2.23. The number of ketones is 1. The van der Waals surface area contributed by atoms with E-state index in [1.165, 1.54) is 25.1 Å². The number of amides is 2. The molecule has 0 saturated heterocycles. The van der Waals surface area contributed by atoms with Crippen LogP contribution in [0.15, 0.2) is 18.2 Å². The average Bonchev–Trinajstić information content (AvgIpc) is 2.70. The summed E-state index contributed by atoms with van der Waals surface area (Å²) in [7, 11) is 0. The van der Waals surface area contributed by atoms with Gasteiger partial charge in [0.1, 0.15) is 18.5 Å². The van der Waals surface area contributed by atoms with Crippen LogP contribution in [0.4, 0.5) is 10.5 Å². The number of anilines is 1. The average molecular weight is 425 g/mol. The zero-order chi connectivity index (χ0) is 28.1. The summed E-state index contributed by atoms with van der Waals surface area (Å²) in [4.78, 5) is 25.9. The van der Waals surface area contributed by atoms with Gasteiger partial charge in [-0.15, -0.1) is 12.4 Å². The first kappa shape index (κ1) is 14.2. The first-order valence-electron chi connectivity index (χ1n) is 13.1. The summed E-state index contributed by atoms with van der Waals surface area (Å²) >= 11 is 0. The Morgan fingerprint density at radius 3 is 2.46 bits per heavy atom. The molecule has 0 bridgehead atoms. The number of urea groups is 1. The molecule has 1 atom stereocenters. The molecule has 3 N–H and O–H groups in total. The van der Waals surface area contributed by atoms with E-state index in [0.29, 0.717) is 18.8 Å². The summed E-state index contributed by atoms with van der Waals surface area (Å²) in [5.41, 5.74) is -2.86. The van der Waals surface area contributed by atoms with Gasteiger partial charge in [-0.25, -0.2) is 4.79 Å². The van der Waals surface area contributed by atoms with Gasteiger partial charge in [-0.1, -0.05) is 0 Å². The number of hydrogen-bond acceptors (Lipinski definition) is 5. The summed E-state index contributed by atoms with van der Waals surface area (Å²) in [5, 5.41) is 15.0. The van der Waals surface area contributed by atoms with Crippen LogP contribution in [0.25, 0.3) is 0 Å². The molecule has 1 aromatic carbocycles. The van der Waals surface area contributed by atoms with Crippen molar-refractivity contribution in [2.24, 2.45) is 0 Å². The van der Waals surface area contributed by atoms with Crippen molar-refractivity contribution in [1.29, 1.82) is 0 Å². The van der Waals surface area contributed by atoms with Gasteiger partial charge >= 0.3 is 6.03 Å². The quantitative estimate of drug-likeness (QED) is 0.529. The molecule has 0 aliphatic rings. The van der Waals surface area contributed by atoms with Crippen LogP contribution < -0.4 is 15.4 Å². The molecule has 160 valence electrons. The second-order valence-electron chi connectivity index (χ2n) is 5.97. The van der Waals surface area contributed by atoms with Crippen LogP contribution in [0.5, 0.6) is 5.75 Å². The van der Waals surface area contributed by atoms with E-state index in [0.717, 1.165) is 0 Å². The highest BCUT2D eigenvalue weighted by molar-refractivity contribution is 5.99. The van der Waals surface area contributed by atoms with Gasteiger partial charge in [-0.3, -0.25) is 4.79 Å². The molecule has 0 heterocycles. The molecular weight excluding hydrogens is 382 g/mol. The minimum atomic E-state index is -3.46. The number of nitrogens with zero attached hydrogens (tertiary/aromatic N) is 1. The molecule has 0 fully saturated rings. The van der Waals surface area contributed by atoms with Gasteiger partial charge in [0.2, 0.25) is 0 Å². The van der Waals surface area contributed by atoms with Crippen molar-refractivity contribution in [3.63, 3.8) is 0 Å². The molecule has 0 spiro atoms. The molecule has 0 aliphatic heterocycles. The van der Waals surface area contributed by atoms with Crippen molar-refractivity contribution in [2.75, 3.05) is 31.6 Å². The second kappa shape index (κ2) is 11.9. The Bertz CT molecular complexity index is 884. The number of β-amino-alcohol motifs (C(OH)–C–C–N with tert-alkyl or cyclic N) is 1. The fourth-order valence-electron chi connectivity index (χ4n) is 2.24. The lowest BCUT2D eigenvalue weighted by Crippen LogP contribution is -2.42. The largest absolute Gasteiger partial charge is 0.490 e. The van der Waals surface area contributed by atoms with Crippen LogP contribution in [0, 0.1) is 0 Å². The Kier molecular flexibility index (Phi) is 6.03. The van der Waals surface area contributed by atoms with Gasteiger partial charge in [0.05, 0.1) is 5.56 Å². The van der Waals surface area contributed by atoms with Gasteiger partial charge < -0.3 is 25.4 Å². The van der Waals surface area contributed by atoms with E-state index in [9.17, 15) is 14.7 Å². The molecule has 0 aliphatic carbocycles. The maximum atomic E-state index is 12.3. The molecule has 0 radical (unpaired) electrons. The maximum absolute atomic E-state index is 12.3. The first-order valence-corrected chi connectivity index (χ1v) is 8.59. The van der Waals surface area contributed by atoms with Crippen molar-refractivity contribution in [1.82, 2.24) is 10.2 Å². The zero-order valence-corrected chi connectivity index (χ0v) is 17.0. The van der Waals surface area contributed by atoms with Crippen LogP contribution in [0.3, 0.4) is 0 Å². The first-order chi connectivity index (χ1) is 16.3. The molecule has 1 rings (SSSR count). The number of carbonyl (C=O) groups excluding carboxylic acids is 2. The van der Waals surface area contributed by atoms with E-state index >= 15 is 0 Å². The van der Waals surface area contributed by atoms with Crippen LogP contribution >= 0.6 is 12.4 Å². The Balaban J connectivity index is 0.0000130. The number of halogens is 1. The number of ether oxygens (including phenoxy) is 1. The van der Waals surface area contributed by atoms with Crippen LogP contribution in [0.1, 0.15) is 64.0 Å². The molecular formula is C20H34ClN3O4. The van der Waals surface area contributed by atoms with Gasteiger partial charge in [-0.05, 0) is 59.5 Å². The van der Waals surface area contributed by atoms with Crippen LogP contribution in [-0.2, 0) is 0 Å². The van der Waals surface area contributed by atoms with E-state index < -0.39 is 51.1 Å². The number of nitrogens with one attached hydrogen (secondary N) is 2. The molecule has 0 saturated carbocycles. The maximum Gasteiger partial charge on any atom is 0.321 e. The van der Waals surface area contributed by atoms with E-state index in [2.05, 4.69) is 5.32 Å². The third-order valence-electron chi connectivity index (χ3n) is 3.69. The van der Waals surface area contributed by atoms with Gasteiger partial charge in [0, 0.05) is 43.2 Å². The number of aliphatic hydroxyl groups is 1. The SMILES string of the molecule is Cl.[2H]C([2H])([2H])C(NCC(O)COc1ccc(NC(=O)N(CC)CC)cc1C(C)=O)(C([2H])([2H])[2H])C([2H])([2H])[2H]. The van der Waals surface area contributed by atoms with Crippen LogP contribution in [-0.4, -0.2) is 59.7 Å². The summed E-state index contributed by atoms with van der Waals surface area (Å²) in [6.45, 7) is -5.75. The van der Waals surface area contributed by atoms with E-state index in [1.54, 1.807) is 4.90 Å². The molecule has 7 nitrogen and oxygen atoms in total. The fourth-order valence-corrected chi connectivity index (χ4v) is 2.24. The predicted molar refractivity (Wildman–Crippen MR) is 115 cm³/mol. The summed E-state index contributed by atoms with van der Waals surface area (Å²) in [6.07, 6.45) is -1.53. The predicted octanol–water partition coefficient (Wildman–Crippen LogP) is 3.31. The molecule has 1 aromatic rings. The topological polar surface area (TPSA) is 90.9 Å². The van der Waals surface area contributed by atoms with Gasteiger partial charge in [-0.2, -0.15) is 0 Å². The summed E-state index contributed by atoms with van der Waals surface area (Å²) < 4.78 is 73.8. The zero-order valence-electron chi connectivity index (χ0n) is 25.2. The summed E-state index contributed by atoms with van der Waals surface area (Å²) in [6, 6.07) is 3.92. The van der Waals surface area contributed by atoms with Crippen molar-refractivity contribution < 1.29 is 31.8 Å². The van der Waals surface area contributed by atoms with Gasteiger partial charge in [0.15, 0.2) is 5.78 Å². The number of hydrogen-bond donors (Lipinski definition) is 3. The van der Waals surface area contributed by atoms with E-state index in [1.807, 2.05) is 19.2 Å². The standard InChI is InChI=1S/C20H33N3O4.ClH/c1-7-23(8-2)19(26)22-15-9-10-18(17(11-15)14(3)24)27-13-16(25)12-21-20(4,5)6;/h9-11,16,21,25H,7-8,12-13H2,1-6H3,(H,22,26);1H/i4D3,5D3,6D3;. The highest BCUT2D eigenvalue weighted by Gasteiger charge is 2.16. The van der Waals surface area contributed by atoms with E-state index in [-0.39, 0.29) is 29.8 Å². The minimum absolute atomic E-state index is 0. The minimum Gasteiger partial charge on any atom is -0.490 e. The Morgan fingerprint density at radius 2 is 1.93 bits per heavy atom. The molecule has 2 amide bonds. The molecule has 1 unspecified atom stereocenters. The normalized spacial score (nSPS) is 18.1. The number of aliphatic hydroxyl groups excluding tert-OH is 1.